The van der Waals surface area contributed by atoms with Crippen LogP contribution in [0.15, 0.2) is 83.5 Å². The Hall–Kier alpha value is -2.96. The Bertz CT molecular complexity index is 1150. The summed E-state index contributed by atoms with van der Waals surface area (Å²) in [5.74, 6) is 0. The second kappa shape index (κ2) is 7.22. The van der Waals surface area contributed by atoms with Crippen LogP contribution in [0.25, 0.3) is 27.6 Å². The van der Waals surface area contributed by atoms with Crippen molar-refractivity contribution in [1.82, 2.24) is 9.88 Å². The monoisotopic (exact) mass is 426 g/mol. The number of halogens is 1. The van der Waals surface area contributed by atoms with Crippen LogP contribution in [-0.2, 0) is 0 Å². The molecule has 136 valence electrons. The van der Waals surface area contributed by atoms with E-state index in [4.69, 9.17) is 0 Å². The molecule has 0 amide bonds. The van der Waals surface area contributed by atoms with Crippen LogP contribution in [0.3, 0.4) is 0 Å². The molecule has 2 nitrogen and oxygen atoms in total. The minimum absolute atomic E-state index is 0.0504. The molecular weight excluding hydrogens is 408 g/mol. The Morgan fingerprint density at radius 1 is 1.14 bits per heavy atom. The van der Waals surface area contributed by atoms with Gasteiger partial charge in [-0.05, 0) is 61.0 Å². The van der Waals surface area contributed by atoms with E-state index in [2.05, 4.69) is 92.6 Å². The lowest BCUT2D eigenvalue weighted by atomic mass is 9.96. The average Bonchev–Trinajstić information content (AvgIpc) is 3.10. The van der Waals surface area contributed by atoms with Gasteiger partial charge in [0.15, 0.2) is 0 Å². The Kier molecular flexibility index (Phi) is 4.43. The summed E-state index contributed by atoms with van der Waals surface area (Å²) < 4.78 is 3.47. The maximum Gasteiger partial charge on any atom is 0.123 e. The van der Waals surface area contributed by atoms with Crippen molar-refractivity contribution >= 4 is 32.4 Å². The fourth-order valence-corrected chi connectivity index (χ4v) is 4.36. The van der Waals surface area contributed by atoms with Crippen LogP contribution in [0.5, 0.6) is 0 Å². The van der Waals surface area contributed by atoms with Gasteiger partial charge in [0.05, 0.1) is 11.2 Å². The molecular formula is C25H19BrN2. The lowest BCUT2D eigenvalue weighted by Crippen LogP contribution is -2.23. The molecule has 2 aromatic carbocycles. The lowest BCUT2D eigenvalue weighted by Gasteiger charge is -2.23. The van der Waals surface area contributed by atoms with Gasteiger partial charge in [0, 0.05) is 21.0 Å². The van der Waals surface area contributed by atoms with Gasteiger partial charge in [0.2, 0.25) is 0 Å². The predicted molar refractivity (Wildman–Crippen MR) is 120 cm³/mol. The fraction of sp³-hybridized carbons (Fsp3) is 0.120. The van der Waals surface area contributed by atoms with Crippen LogP contribution in [0.4, 0.5) is 0 Å². The van der Waals surface area contributed by atoms with Gasteiger partial charge in [-0.1, -0.05) is 64.5 Å². The maximum absolute atomic E-state index is 3.67. The van der Waals surface area contributed by atoms with Crippen LogP contribution in [-0.4, -0.2) is 4.57 Å². The van der Waals surface area contributed by atoms with Crippen LogP contribution in [0, 0.1) is 12.1 Å². The van der Waals surface area contributed by atoms with Crippen molar-refractivity contribution in [3.63, 3.8) is 0 Å². The van der Waals surface area contributed by atoms with Gasteiger partial charge in [-0.2, -0.15) is 0 Å². The summed E-state index contributed by atoms with van der Waals surface area (Å²) in [5.41, 5.74) is 5.95. The summed E-state index contributed by atoms with van der Waals surface area (Å²) in [5, 5.41) is 4.72. The average molecular weight is 427 g/mol. The number of allylic oxidation sites excluding steroid dienone is 6. The second-order valence-electron chi connectivity index (χ2n) is 6.96. The van der Waals surface area contributed by atoms with Crippen molar-refractivity contribution in [2.45, 2.75) is 19.0 Å². The summed E-state index contributed by atoms with van der Waals surface area (Å²) in [6, 6.07) is 19.0. The van der Waals surface area contributed by atoms with E-state index < -0.39 is 0 Å². The first-order valence-electron chi connectivity index (χ1n) is 9.51. The number of aromatic nitrogens is 1. The molecule has 0 spiro atoms. The van der Waals surface area contributed by atoms with Gasteiger partial charge in [-0.15, -0.1) is 0 Å². The summed E-state index contributed by atoms with van der Waals surface area (Å²) in [4.78, 5) is 0. The number of nitrogens with zero attached hydrogens (tertiary/aromatic N) is 1. The van der Waals surface area contributed by atoms with Gasteiger partial charge in [0.1, 0.15) is 6.17 Å². The topological polar surface area (TPSA) is 17.0 Å². The molecule has 0 saturated heterocycles. The molecule has 1 atom stereocenters. The van der Waals surface area contributed by atoms with Crippen LogP contribution >= 0.6 is 15.9 Å². The van der Waals surface area contributed by atoms with E-state index in [0.717, 1.165) is 22.9 Å². The van der Waals surface area contributed by atoms with Crippen molar-refractivity contribution in [2.75, 3.05) is 0 Å². The summed E-state index contributed by atoms with van der Waals surface area (Å²) in [6.45, 7) is 0. The molecule has 0 fully saturated rings. The quantitative estimate of drug-likeness (QED) is 0.500. The lowest BCUT2D eigenvalue weighted by molar-refractivity contribution is 0.558. The fourth-order valence-electron chi connectivity index (χ4n) is 4.01. The molecule has 5 rings (SSSR count). The van der Waals surface area contributed by atoms with E-state index in [-0.39, 0.29) is 6.17 Å². The van der Waals surface area contributed by atoms with Crippen LogP contribution in [0.2, 0.25) is 0 Å². The molecule has 0 saturated carbocycles. The number of benzene rings is 1. The smallest absolute Gasteiger partial charge is 0.123 e. The van der Waals surface area contributed by atoms with E-state index in [1.807, 2.05) is 24.4 Å². The van der Waals surface area contributed by atoms with Crippen molar-refractivity contribution in [3.8, 4) is 11.1 Å². The molecule has 3 aromatic rings. The Labute approximate surface area is 173 Å². The first kappa shape index (κ1) is 17.2. The third-order valence-electron chi connectivity index (χ3n) is 5.20. The normalized spacial score (nSPS) is 18.0. The molecule has 1 aliphatic heterocycles. The number of dihydropyridines is 1. The van der Waals surface area contributed by atoms with Crippen LogP contribution < -0.4 is 5.32 Å². The summed E-state index contributed by atoms with van der Waals surface area (Å²) in [6.07, 6.45) is 17.4. The number of nitrogens with one attached hydrogen (secondary N) is 1. The van der Waals surface area contributed by atoms with Gasteiger partial charge < -0.3 is 9.88 Å². The number of fused-ring (bicyclic) bond motifs is 1. The van der Waals surface area contributed by atoms with E-state index in [9.17, 15) is 0 Å². The predicted octanol–water partition coefficient (Wildman–Crippen LogP) is 6.58. The summed E-state index contributed by atoms with van der Waals surface area (Å²) in [7, 11) is 0. The molecule has 1 aromatic heterocycles. The second-order valence-corrected chi connectivity index (χ2v) is 7.87. The zero-order valence-corrected chi connectivity index (χ0v) is 16.9. The number of rotatable bonds is 3. The third kappa shape index (κ3) is 2.91. The van der Waals surface area contributed by atoms with Crippen molar-refractivity contribution in [3.05, 3.63) is 101 Å². The number of hydrogen-bond acceptors (Lipinski definition) is 1. The molecule has 2 heterocycles. The zero-order valence-electron chi connectivity index (χ0n) is 15.3. The molecule has 28 heavy (non-hydrogen) atoms. The van der Waals surface area contributed by atoms with Crippen molar-refractivity contribution in [2.24, 2.45) is 0 Å². The highest BCUT2D eigenvalue weighted by Crippen LogP contribution is 2.42. The van der Waals surface area contributed by atoms with Crippen LogP contribution in [0.1, 0.15) is 24.7 Å². The zero-order chi connectivity index (χ0) is 18.9. The summed E-state index contributed by atoms with van der Waals surface area (Å²) >= 11 is 3.67. The van der Waals surface area contributed by atoms with Crippen molar-refractivity contribution in [1.29, 1.82) is 0 Å². The molecule has 2 aliphatic rings. The maximum atomic E-state index is 3.67. The largest absolute Gasteiger partial charge is 0.368 e. The first-order valence-corrected chi connectivity index (χ1v) is 10.3. The standard InChI is InChI=1S/C25H19BrN2/c26-20-14-15-21-22(17-20)28(23-13-7-8-16-27-23)25(19-11-5-2-6-12-19)24(21)18-9-3-1-4-10-18/h1,3,5,7-9,11-17,23,27H,2,6H2. The SMILES string of the molecule is Brc1ccc2c(-c3c#cccc3)c(C3=CCCC=C3)n(C3C=CC=CN3)c2c1. The van der Waals surface area contributed by atoms with E-state index in [0.29, 0.717) is 0 Å². The van der Waals surface area contributed by atoms with Gasteiger partial charge in [0.25, 0.3) is 0 Å². The van der Waals surface area contributed by atoms with Gasteiger partial charge in [-0.3, -0.25) is 0 Å². The molecule has 1 aliphatic carbocycles. The molecule has 3 heteroatoms. The number of hydrogen-bond donors (Lipinski definition) is 1. The van der Waals surface area contributed by atoms with Gasteiger partial charge >= 0.3 is 0 Å². The van der Waals surface area contributed by atoms with Crippen molar-refractivity contribution < 1.29 is 0 Å². The molecule has 1 N–H and O–H groups in total. The molecule has 0 bridgehead atoms. The molecule has 0 radical (unpaired) electrons. The first-order chi connectivity index (χ1) is 13.8. The highest BCUT2D eigenvalue weighted by Gasteiger charge is 2.24. The van der Waals surface area contributed by atoms with Gasteiger partial charge in [-0.25, -0.2) is 0 Å². The minimum Gasteiger partial charge on any atom is -0.368 e. The Morgan fingerprint density at radius 3 is 2.86 bits per heavy atom. The third-order valence-corrected chi connectivity index (χ3v) is 5.69. The highest BCUT2D eigenvalue weighted by molar-refractivity contribution is 9.10. The molecule has 1 unspecified atom stereocenters. The Balaban J connectivity index is 1.89. The van der Waals surface area contributed by atoms with E-state index in [1.165, 1.54) is 27.7 Å². The Morgan fingerprint density at radius 2 is 2.11 bits per heavy atom. The minimum atomic E-state index is 0.0504. The highest BCUT2D eigenvalue weighted by atomic mass is 79.9. The van der Waals surface area contributed by atoms with E-state index >= 15 is 0 Å². The van der Waals surface area contributed by atoms with E-state index in [1.54, 1.807) is 0 Å².